The predicted molar refractivity (Wildman–Crippen MR) is 172 cm³/mol. The van der Waals surface area contributed by atoms with E-state index in [-0.39, 0.29) is 23.2 Å². The zero-order valence-electron chi connectivity index (χ0n) is 25.1. The Morgan fingerprint density at radius 1 is 1.00 bits per heavy atom. The molecule has 0 spiro atoms. The molecule has 0 saturated heterocycles. The van der Waals surface area contributed by atoms with Gasteiger partial charge in [-0.15, -0.1) is 0 Å². The Kier molecular flexibility index (Phi) is 8.03. The minimum Gasteiger partial charge on any atom is -0.337 e. The molecule has 10 nitrogen and oxygen atoms in total. The highest BCUT2D eigenvalue weighted by Crippen LogP contribution is 2.34. The minimum atomic E-state index is -3.23. The third-order valence-corrected chi connectivity index (χ3v) is 9.44. The summed E-state index contributed by atoms with van der Waals surface area (Å²) in [6, 6.07) is 7.98. The fourth-order valence-corrected chi connectivity index (χ4v) is 6.80. The maximum atomic E-state index is 16.3. The van der Waals surface area contributed by atoms with Gasteiger partial charge >= 0.3 is 0 Å². The number of aryl methyl sites for hydroxylation is 1. The van der Waals surface area contributed by atoms with Crippen molar-refractivity contribution in [3.8, 4) is 33.9 Å². The predicted octanol–water partition coefficient (Wildman–Crippen LogP) is 5.77. The summed E-state index contributed by atoms with van der Waals surface area (Å²) in [6.45, 7) is 1.61. The zero-order valence-corrected chi connectivity index (χ0v) is 26.0. The average Bonchev–Trinajstić information content (AvgIpc) is 3.80. The Morgan fingerprint density at radius 3 is 2.65 bits per heavy atom. The first-order valence-electron chi connectivity index (χ1n) is 15.2. The second-order valence-corrected chi connectivity index (χ2v) is 14.3. The lowest BCUT2D eigenvalue weighted by Gasteiger charge is -2.11. The Bertz CT molecular complexity index is 2170. The molecular formula is C33H32F2N8O2S. The highest BCUT2D eigenvalue weighted by molar-refractivity contribution is 7.90. The van der Waals surface area contributed by atoms with Gasteiger partial charge in [-0.1, -0.05) is 12.8 Å². The Hall–Kier alpha value is -4.62. The number of pyridine rings is 3. The summed E-state index contributed by atoms with van der Waals surface area (Å²) in [5.74, 6) is -0.110. The van der Waals surface area contributed by atoms with Gasteiger partial charge < -0.3 is 10.3 Å². The largest absolute Gasteiger partial charge is 0.337 e. The molecule has 1 aromatic carbocycles. The average molecular weight is 643 g/mol. The molecule has 0 bridgehead atoms. The SMILES string of the molecule is CS(=O)(=O)CCc1cc(F)cc(-c2nccc3[nH]c(-c4[nH]nc5ncc(-c6cncc(CNCC7CCCC7)c6)c(F)c45)nc23)c1. The molecule has 1 aliphatic rings. The second-order valence-electron chi connectivity index (χ2n) is 12.0. The highest BCUT2D eigenvalue weighted by atomic mass is 32.2. The molecule has 0 unspecified atom stereocenters. The van der Waals surface area contributed by atoms with Gasteiger partial charge in [0.15, 0.2) is 11.5 Å². The van der Waals surface area contributed by atoms with Gasteiger partial charge in [-0.05, 0) is 73.2 Å². The number of hydrogen-bond acceptors (Lipinski definition) is 8. The van der Waals surface area contributed by atoms with Gasteiger partial charge in [0.05, 0.1) is 22.3 Å². The third kappa shape index (κ3) is 6.24. The van der Waals surface area contributed by atoms with Crippen LogP contribution in [-0.2, 0) is 22.8 Å². The molecule has 1 fully saturated rings. The van der Waals surface area contributed by atoms with Crippen LogP contribution in [0.15, 0.2) is 55.1 Å². The number of nitrogens with one attached hydrogen (secondary N) is 3. The van der Waals surface area contributed by atoms with Gasteiger partial charge in [-0.25, -0.2) is 27.2 Å². The van der Waals surface area contributed by atoms with Crippen LogP contribution in [0.25, 0.3) is 56.0 Å². The zero-order chi connectivity index (χ0) is 31.8. The summed E-state index contributed by atoms with van der Waals surface area (Å²) in [5.41, 5.74) is 4.75. The number of hydrogen-bond donors (Lipinski definition) is 3. The number of H-pyrrole nitrogens is 2. The van der Waals surface area contributed by atoms with Crippen molar-refractivity contribution in [2.45, 2.75) is 38.6 Å². The van der Waals surface area contributed by atoms with Crippen LogP contribution in [0.1, 0.15) is 36.8 Å². The normalized spacial score (nSPS) is 14.2. The molecule has 7 rings (SSSR count). The Morgan fingerprint density at radius 2 is 1.83 bits per heavy atom. The van der Waals surface area contributed by atoms with E-state index in [2.05, 4.69) is 35.5 Å². The van der Waals surface area contributed by atoms with Crippen LogP contribution >= 0.6 is 0 Å². The number of aromatic nitrogens is 7. The summed E-state index contributed by atoms with van der Waals surface area (Å²) in [4.78, 5) is 21.2. The first-order chi connectivity index (χ1) is 22.2. The molecule has 1 saturated carbocycles. The van der Waals surface area contributed by atoms with Crippen LogP contribution in [0.2, 0.25) is 0 Å². The number of imidazole rings is 1. The van der Waals surface area contributed by atoms with Crippen LogP contribution in [0, 0.1) is 17.6 Å². The highest BCUT2D eigenvalue weighted by Gasteiger charge is 2.22. The van der Waals surface area contributed by atoms with Crippen LogP contribution < -0.4 is 5.32 Å². The summed E-state index contributed by atoms with van der Waals surface area (Å²) in [6.07, 6.45) is 12.8. The molecule has 3 N–H and O–H groups in total. The summed E-state index contributed by atoms with van der Waals surface area (Å²) in [7, 11) is -3.23. The van der Waals surface area contributed by atoms with Crippen LogP contribution in [-0.4, -0.2) is 62.1 Å². The van der Waals surface area contributed by atoms with E-state index in [1.807, 2.05) is 6.07 Å². The van der Waals surface area contributed by atoms with Crippen molar-refractivity contribution in [3.05, 3.63) is 77.9 Å². The molecule has 5 heterocycles. The number of nitrogens with zero attached hydrogens (tertiary/aromatic N) is 5. The van der Waals surface area contributed by atoms with E-state index < -0.39 is 21.5 Å². The lowest BCUT2D eigenvalue weighted by atomic mass is 10.0. The summed E-state index contributed by atoms with van der Waals surface area (Å²) in [5, 5.41) is 10.8. The summed E-state index contributed by atoms with van der Waals surface area (Å²) >= 11 is 0. The van der Waals surface area contributed by atoms with Crippen molar-refractivity contribution in [1.82, 2.24) is 40.4 Å². The molecule has 6 aromatic rings. The number of fused-ring (bicyclic) bond motifs is 2. The number of halogens is 2. The van der Waals surface area contributed by atoms with Crippen LogP contribution in [0.5, 0.6) is 0 Å². The van der Waals surface area contributed by atoms with E-state index in [1.165, 1.54) is 44.0 Å². The first kappa shape index (κ1) is 30.1. The van der Waals surface area contributed by atoms with Crippen LogP contribution in [0.3, 0.4) is 0 Å². The standard InChI is InChI=1S/C33H32F2N8O2S/c1-46(44,45)9-7-20-10-22(13-24(34)12-20)29-30-26(6-8-38-29)40-33(41-30)31-27-28(35)25(18-39-32(27)43-42-31)23-11-21(16-37-17-23)15-36-14-19-4-2-3-5-19/h6,8,10-13,16-19,36H,2-5,7,9,14-15H2,1H3,(H,40,41)(H,39,42,43). The number of sulfone groups is 1. The monoisotopic (exact) mass is 642 g/mol. The van der Waals surface area contributed by atoms with E-state index in [9.17, 15) is 12.8 Å². The van der Waals surface area contributed by atoms with Gasteiger partial charge in [-0.3, -0.25) is 15.1 Å². The molecular weight excluding hydrogens is 610 g/mol. The van der Waals surface area contributed by atoms with Crippen molar-refractivity contribution < 1.29 is 17.2 Å². The quantitative estimate of drug-likeness (QED) is 0.171. The molecule has 5 aromatic heterocycles. The van der Waals surface area contributed by atoms with Crippen molar-refractivity contribution >= 4 is 31.9 Å². The van der Waals surface area contributed by atoms with E-state index >= 15 is 4.39 Å². The maximum Gasteiger partial charge on any atom is 0.184 e. The van der Waals surface area contributed by atoms with Gasteiger partial charge in [-0.2, -0.15) is 5.10 Å². The Labute approximate surface area is 264 Å². The lowest BCUT2D eigenvalue weighted by Crippen LogP contribution is -2.20. The molecule has 1 aliphatic carbocycles. The van der Waals surface area contributed by atoms with E-state index in [0.29, 0.717) is 63.0 Å². The van der Waals surface area contributed by atoms with Gasteiger partial charge in [0.2, 0.25) is 0 Å². The van der Waals surface area contributed by atoms with E-state index in [4.69, 9.17) is 4.98 Å². The van der Waals surface area contributed by atoms with E-state index in [0.717, 1.165) is 18.4 Å². The fourth-order valence-electron chi connectivity index (χ4n) is 6.19. The molecule has 0 amide bonds. The number of rotatable bonds is 10. The third-order valence-electron chi connectivity index (χ3n) is 8.49. The number of aromatic amines is 2. The molecule has 0 atom stereocenters. The molecule has 0 radical (unpaired) electrons. The molecule has 0 aliphatic heterocycles. The van der Waals surface area contributed by atoms with Crippen molar-refractivity contribution in [2.24, 2.45) is 5.92 Å². The summed E-state index contributed by atoms with van der Waals surface area (Å²) < 4.78 is 54.3. The molecule has 13 heteroatoms. The molecule has 46 heavy (non-hydrogen) atoms. The van der Waals surface area contributed by atoms with Gasteiger partial charge in [0.25, 0.3) is 0 Å². The van der Waals surface area contributed by atoms with E-state index in [1.54, 1.807) is 30.7 Å². The molecule has 236 valence electrons. The lowest BCUT2D eigenvalue weighted by molar-refractivity contribution is 0.489. The van der Waals surface area contributed by atoms with Crippen LogP contribution in [0.4, 0.5) is 8.78 Å². The fraction of sp³-hybridized carbons (Fsp3) is 0.303. The van der Waals surface area contributed by atoms with Gasteiger partial charge in [0, 0.05) is 54.3 Å². The number of benzene rings is 1. The topological polar surface area (TPSA) is 142 Å². The minimum absolute atomic E-state index is 0.105. The second kappa shape index (κ2) is 12.3. The first-order valence-corrected chi connectivity index (χ1v) is 17.3. The smallest absolute Gasteiger partial charge is 0.184 e. The van der Waals surface area contributed by atoms with Crippen molar-refractivity contribution in [3.63, 3.8) is 0 Å². The van der Waals surface area contributed by atoms with Crippen molar-refractivity contribution in [2.75, 3.05) is 18.6 Å². The van der Waals surface area contributed by atoms with Crippen molar-refractivity contribution in [1.29, 1.82) is 0 Å². The Balaban J connectivity index is 1.22. The maximum absolute atomic E-state index is 16.3. The van der Waals surface area contributed by atoms with Gasteiger partial charge in [0.1, 0.15) is 32.7 Å².